The first-order valence-electron chi connectivity index (χ1n) is 10.4. The van der Waals surface area contributed by atoms with Crippen LogP contribution in [-0.2, 0) is 16.5 Å². The van der Waals surface area contributed by atoms with Gasteiger partial charge in [-0.1, -0.05) is 26.2 Å². The number of rotatable bonds is 6. The molecule has 1 unspecified atom stereocenters. The maximum atomic E-state index is 6.32. The number of aromatic nitrogens is 2. The van der Waals surface area contributed by atoms with Gasteiger partial charge in [-0.05, 0) is 19.3 Å². The van der Waals surface area contributed by atoms with Gasteiger partial charge in [0.1, 0.15) is 6.10 Å². The molecule has 0 spiro atoms. The number of aliphatic imine (C=N–C) groups is 1. The van der Waals surface area contributed by atoms with Gasteiger partial charge in [-0.2, -0.15) is 5.10 Å². The molecule has 1 aliphatic heterocycles. The summed E-state index contributed by atoms with van der Waals surface area (Å²) in [6.45, 7) is 6.16. The molecule has 3 rings (SSSR count). The number of guanidine groups is 1. The van der Waals surface area contributed by atoms with E-state index in [4.69, 9.17) is 9.47 Å². The Labute approximate surface area is 186 Å². The summed E-state index contributed by atoms with van der Waals surface area (Å²) in [5.74, 6) is 0.942. The molecule has 7 nitrogen and oxygen atoms in total. The normalized spacial score (nSPS) is 22.6. The van der Waals surface area contributed by atoms with E-state index in [9.17, 15) is 0 Å². The molecule has 2 fully saturated rings. The fraction of sp³-hybridized carbons (Fsp3) is 0.800. The fourth-order valence-electron chi connectivity index (χ4n) is 4.11. The molecule has 0 bridgehead atoms. The van der Waals surface area contributed by atoms with Gasteiger partial charge in [0, 0.05) is 45.6 Å². The van der Waals surface area contributed by atoms with Crippen LogP contribution in [0.5, 0.6) is 0 Å². The topological polar surface area (TPSA) is 63.9 Å². The Morgan fingerprint density at radius 1 is 1.39 bits per heavy atom. The Bertz CT molecular complexity index is 615. The van der Waals surface area contributed by atoms with E-state index in [1.165, 1.54) is 19.3 Å². The van der Waals surface area contributed by atoms with Gasteiger partial charge in [-0.15, -0.1) is 24.0 Å². The van der Waals surface area contributed by atoms with Crippen molar-refractivity contribution >= 4 is 29.9 Å². The summed E-state index contributed by atoms with van der Waals surface area (Å²) in [4.78, 5) is 6.83. The summed E-state index contributed by atoms with van der Waals surface area (Å²) < 4.78 is 14.1. The number of halogens is 1. The van der Waals surface area contributed by atoms with Crippen LogP contribution < -0.4 is 5.32 Å². The van der Waals surface area contributed by atoms with Crippen molar-refractivity contribution in [2.75, 3.05) is 39.9 Å². The second-order valence-electron chi connectivity index (χ2n) is 7.75. The highest BCUT2D eigenvalue weighted by Gasteiger charge is 2.34. The number of nitrogens with zero attached hydrogens (tertiary/aromatic N) is 4. The number of hydrogen-bond acceptors (Lipinski definition) is 4. The van der Waals surface area contributed by atoms with Crippen LogP contribution in [0.25, 0.3) is 0 Å². The molecule has 1 aromatic heterocycles. The fourth-order valence-corrected chi connectivity index (χ4v) is 4.11. The summed E-state index contributed by atoms with van der Waals surface area (Å²) >= 11 is 0. The Kier molecular flexibility index (Phi) is 9.49. The number of aryl methyl sites for hydroxylation is 1. The molecule has 2 heterocycles. The minimum Gasteiger partial charge on any atom is -0.373 e. The summed E-state index contributed by atoms with van der Waals surface area (Å²) in [5, 5.41) is 7.88. The summed E-state index contributed by atoms with van der Waals surface area (Å²) in [5.41, 5.74) is 1.08. The van der Waals surface area contributed by atoms with Crippen LogP contribution in [0.1, 0.15) is 57.1 Å². The van der Waals surface area contributed by atoms with Crippen LogP contribution in [-0.4, -0.2) is 66.1 Å². The quantitative estimate of drug-likeness (QED) is 0.366. The van der Waals surface area contributed by atoms with Crippen molar-refractivity contribution in [3.8, 4) is 0 Å². The van der Waals surface area contributed by atoms with E-state index in [-0.39, 0.29) is 35.7 Å². The minimum atomic E-state index is -0.0424. The van der Waals surface area contributed by atoms with E-state index >= 15 is 0 Å². The number of nitrogens with one attached hydrogen (secondary N) is 1. The zero-order valence-electron chi connectivity index (χ0n) is 17.5. The third-order valence-corrected chi connectivity index (χ3v) is 5.62. The molecule has 1 atom stereocenters. The Morgan fingerprint density at radius 3 is 2.82 bits per heavy atom. The molecule has 28 heavy (non-hydrogen) atoms. The van der Waals surface area contributed by atoms with Crippen molar-refractivity contribution in [2.45, 2.75) is 57.2 Å². The molecule has 2 aliphatic rings. The van der Waals surface area contributed by atoms with Crippen molar-refractivity contribution < 1.29 is 9.47 Å². The van der Waals surface area contributed by atoms with E-state index < -0.39 is 0 Å². The van der Waals surface area contributed by atoms with E-state index in [1.807, 2.05) is 31.2 Å². The lowest BCUT2D eigenvalue weighted by atomic mass is 9.84. The third kappa shape index (κ3) is 6.06. The minimum absolute atomic E-state index is 0. The van der Waals surface area contributed by atoms with Crippen molar-refractivity contribution in [3.63, 3.8) is 0 Å². The Balaban J connectivity index is 0.00000280. The first-order chi connectivity index (χ1) is 13.2. The Hall–Kier alpha value is -0.870. The lowest BCUT2D eigenvalue weighted by molar-refractivity contribution is -0.0664. The van der Waals surface area contributed by atoms with Gasteiger partial charge in [0.2, 0.25) is 0 Å². The maximum Gasteiger partial charge on any atom is 0.193 e. The molecule has 0 aromatic carbocycles. The van der Waals surface area contributed by atoms with Gasteiger partial charge in [0.05, 0.1) is 24.9 Å². The van der Waals surface area contributed by atoms with Crippen LogP contribution in [0.2, 0.25) is 0 Å². The highest BCUT2D eigenvalue weighted by Crippen LogP contribution is 2.31. The molecular weight excluding hydrogens is 469 g/mol. The third-order valence-electron chi connectivity index (χ3n) is 5.62. The van der Waals surface area contributed by atoms with Crippen LogP contribution in [0.3, 0.4) is 0 Å². The number of hydrogen-bond donors (Lipinski definition) is 1. The average molecular weight is 505 g/mol. The molecule has 1 aliphatic carbocycles. The van der Waals surface area contributed by atoms with Crippen molar-refractivity contribution in [2.24, 2.45) is 12.0 Å². The molecule has 8 heteroatoms. The molecule has 1 saturated carbocycles. The smallest absolute Gasteiger partial charge is 0.193 e. The van der Waals surface area contributed by atoms with Gasteiger partial charge in [-0.25, -0.2) is 0 Å². The van der Waals surface area contributed by atoms with Gasteiger partial charge in [-0.3, -0.25) is 9.67 Å². The summed E-state index contributed by atoms with van der Waals surface area (Å²) in [7, 11) is 3.79. The first kappa shape index (κ1) is 23.4. The van der Waals surface area contributed by atoms with E-state index in [0.29, 0.717) is 6.61 Å². The highest BCUT2D eigenvalue weighted by atomic mass is 127. The van der Waals surface area contributed by atoms with Gasteiger partial charge in [0.15, 0.2) is 5.96 Å². The van der Waals surface area contributed by atoms with Gasteiger partial charge >= 0.3 is 0 Å². The van der Waals surface area contributed by atoms with Crippen molar-refractivity contribution in [3.05, 3.63) is 18.0 Å². The first-order valence-corrected chi connectivity index (χ1v) is 10.4. The standard InChI is InChI=1S/C20H35N5O2.HI/c1-4-11-27-20(8-6-5-7-9-20)16-22-19(21-2)25-10-12-26-18(15-25)17-13-23-24(3)14-17;/h13-14,18H,4-12,15-16H2,1-3H3,(H,21,22);1H. The van der Waals surface area contributed by atoms with Crippen LogP contribution in [0.4, 0.5) is 0 Å². The lowest BCUT2D eigenvalue weighted by Crippen LogP contribution is -2.53. The predicted molar refractivity (Wildman–Crippen MR) is 122 cm³/mol. The van der Waals surface area contributed by atoms with Crippen molar-refractivity contribution in [1.82, 2.24) is 20.0 Å². The molecule has 0 radical (unpaired) electrons. The van der Waals surface area contributed by atoms with E-state index in [2.05, 4.69) is 27.2 Å². The van der Waals surface area contributed by atoms with E-state index in [0.717, 1.165) is 57.0 Å². The van der Waals surface area contributed by atoms with E-state index in [1.54, 1.807) is 0 Å². The second-order valence-corrected chi connectivity index (χ2v) is 7.75. The van der Waals surface area contributed by atoms with Crippen molar-refractivity contribution in [1.29, 1.82) is 0 Å². The molecule has 1 aromatic rings. The van der Waals surface area contributed by atoms with Gasteiger partial charge in [0.25, 0.3) is 0 Å². The van der Waals surface area contributed by atoms with Gasteiger partial charge < -0.3 is 19.7 Å². The molecule has 0 amide bonds. The number of ether oxygens (including phenoxy) is 2. The maximum absolute atomic E-state index is 6.32. The highest BCUT2D eigenvalue weighted by molar-refractivity contribution is 14.0. The molecular formula is C20H36IN5O2. The zero-order valence-corrected chi connectivity index (χ0v) is 19.9. The van der Waals surface area contributed by atoms with Crippen LogP contribution >= 0.6 is 24.0 Å². The lowest BCUT2D eigenvalue weighted by Gasteiger charge is -2.40. The van der Waals surface area contributed by atoms with Crippen LogP contribution in [0.15, 0.2) is 17.4 Å². The summed E-state index contributed by atoms with van der Waals surface area (Å²) in [6, 6.07) is 0. The molecule has 1 N–H and O–H groups in total. The SMILES string of the molecule is CCCOC1(CNC(=NC)N2CCOC(c3cnn(C)c3)C2)CCCCC1.I. The predicted octanol–water partition coefficient (Wildman–Crippen LogP) is 3.12. The second kappa shape index (κ2) is 11.3. The molecule has 160 valence electrons. The summed E-state index contributed by atoms with van der Waals surface area (Å²) in [6.07, 6.45) is 11.1. The largest absolute Gasteiger partial charge is 0.373 e. The average Bonchev–Trinajstić information content (AvgIpc) is 3.14. The molecule has 1 saturated heterocycles. The monoisotopic (exact) mass is 505 g/mol. The zero-order chi connectivity index (χ0) is 19.1. The Morgan fingerprint density at radius 2 is 2.18 bits per heavy atom. The van der Waals surface area contributed by atoms with Crippen LogP contribution in [0, 0.1) is 0 Å². The number of morpholine rings is 1.